The molecule has 3 unspecified atom stereocenters. The zero-order chi connectivity index (χ0) is 33.5. The first-order chi connectivity index (χ1) is 23.2. The molecule has 0 aromatic heterocycles. The minimum absolute atomic E-state index is 0.0264. The van der Waals surface area contributed by atoms with E-state index >= 15 is 0 Å². The van der Waals surface area contributed by atoms with E-state index in [1.807, 2.05) is 23.1 Å². The quantitative estimate of drug-likeness (QED) is 0.346. The number of para-hydroxylation sites is 2. The average molecular weight is 681 g/mol. The molecule has 2 heterocycles. The number of rotatable bonds is 11. The van der Waals surface area contributed by atoms with Crippen LogP contribution in [0.5, 0.6) is 0 Å². The van der Waals surface area contributed by atoms with E-state index in [9.17, 15) is 18.0 Å². The number of fused-ring (bicyclic) bond motifs is 1. The summed E-state index contributed by atoms with van der Waals surface area (Å²) in [6.45, 7) is 4.31. The number of primary amides is 1. The van der Waals surface area contributed by atoms with Gasteiger partial charge < -0.3 is 30.3 Å². The maximum atomic E-state index is 13.9. The predicted octanol–water partition coefficient (Wildman–Crippen LogP) is 3.15. The van der Waals surface area contributed by atoms with E-state index in [-0.39, 0.29) is 35.8 Å². The van der Waals surface area contributed by atoms with Crippen molar-refractivity contribution in [3.63, 3.8) is 0 Å². The first-order valence-corrected chi connectivity index (χ1v) is 18.9. The number of amides is 3. The molecule has 5 atom stereocenters. The molecule has 0 radical (unpaired) electrons. The molecule has 1 saturated heterocycles. The summed E-state index contributed by atoms with van der Waals surface area (Å²) in [4.78, 5) is 32.6. The Morgan fingerprint density at radius 1 is 0.854 bits per heavy atom. The molecule has 2 aromatic carbocycles. The molecule has 5 fully saturated rings. The number of ether oxygens (including phenoxy) is 2. The van der Waals surface area contributed by atoms with E-state index < -0.39 is 10.0 Å². The topological polar surface area (TPSA) is 138 Å². The van der Waals surface area contributed by atoms with E-state index in [4.69, 9.17) is 15.2 Å². The van der Waals surface area contributed by atoms with Crippen LogP contribution in [0.2, 0.25) is 0 Å². The zero-order valence-corrected chi connectivity index (χ0v) is 28.6. The lowest BCUT2D eigenvalue weighted by molar-refractivity contribution is -0.145. The number of sulfonamides is 1. The van der Waals surface area contributed by atoms with Crippen molar-refractivity contribution in [2.75, 3.05) is 86.7 Å². The number of hydrogen-bond donors (Lipinski definition) is 2. The first-order valence-electron chi connectivity index (χ1n) is 17.3. The van der Waals surface area contributed by atoms with Crippen molar-refractivity contribution in [1.29, 1.82) is 0 Å². The predicted molar refractivity (Wildman–Crippen MR) is 185 cm³/mol. The summed E-state index contributed by atoms with van der Waals surface area (Å²) in [6.07, 6.45) is 4.63. The Hall–Kier alpha value is -3.39. The molecule has 2 aromatic rings. The number of methoxy groups -OCH3 is 1. The second kappa shape index (κ2) is 13.5. The Kier molecular flexibility index (Phi) is 9.31. The Morgan fingerprint density at radius 2 is 1.52 bits per heavy atom. The highest BCUT2D eigenvalue weighted by Gasteiger charge is 2.58. The summed E-state index contributed by atoms with van der Waals surface area (Å²) in [5.41, 5.74) is 9.47. The van der Waals surface area contributed by atoms with Crippen molar-refractivity contribution in [2.45, 2.75) is 38.1 Å². The van der Waals surface area contributed by atoms with Gasteiger partial charge in [0.25, 0.3) is 0 Å². The van der Waals surface area contributed by atoms with Crippen LogP contribution in [-0.4, -0.2) is 103 Å². The van der Waals surface area contributed by atoms with Gasteiger partial charge in [0.2, 0.25) is 15.9 Å². The largest absolute Gasteiger partial charge is 0.382 e. The van der Waals surface area contributed by atoms with Crippen LogP contribution in [-0.2, 0) is 24.3 Å². The zero-order valence-electron chi connectivity index (χ0n) is 27.8. The minimum atomic E-state index is -3.37. The van der Waals surface area contributed by atoms with Crippen LogP contribution < -0.4 is 25.8 Å². The average Bonchev–Trinajstić information content (AvgIpc) is 3.09. The molecule has 3 amide bonds. The molecular formula is C35H48N6O6S. The molecule has 12 nitrogen and oxygen atoms in total. The monoisotopic (exact) mass is 680 g/mol. The van der Waals surface area contributed by atoms with Crippen molar-refractivity contribution in [2.24, 2.45) is 28.9 Å². The van der Waals surface area contributed by atoms with Crippen molar-refractivity contribution < 1.29 is 27.5 Å². The molecule has 4 saturated carbocycles. The van der Waals surface area contributed by atoms with E-state index in [2.05, 4.69) is 45.4 Å². The van der Waals surface area contributed by atoms with Gasteiger partial charge >= 0.3 is 6.03 Å². The molecular weight excluding hydrogens is 632 g/mol. The minimum Gasteiger partial charge on any atom is -0.382 e. The number of benzene rings is 2. The van der Waals surface area contributed by atoms with Gasteiger partial charge in [-0.1, -0.05) is 12.1 Å². The van der Waals surface area contributed by atoms with Crippen molar-refractivity contribution >= 4 is 44.7 Å². The fourth-order valence-electron chi connectivity index (χ4n) is 9.23. The van der Waals surface area contributed by atoms with Crippen LogP contribution in [0.25, 0.3) is 0 Å². The van der Waals surface area contributed by atoms with Gasteiger partial charge in [-0.05, 0) is 86.3 Å². The summed E-state index contributed by atoms with van der Waals surface area (Å²) in [7, 11) is -1.78. The lowest BCUT2D eigenvalue weighted by Crippen LogP contribution is -2.63. The molecule has 260 valence electrons. The first kappa shape index (κ1) is 33.1. The van der Waals surface area contributed by atoms with Crippen LogP contribution in [0.3, 0.4) is 0 Å². The fraction of sp³-hybridized carbons (Fsp3) is 0.600. The maximum Gasteiger partial charge on any atom is 0.322 e. The van der Waals surface area contributed by atoms with Gasteiger partial charge in [0.15, 0.2) is 0 Å². The highest BCUT2D eigenvalue weighted by molar-refractivity contribution is 7.89. The molecule has 4 aliphatic carbocycles. The fourth-order valence-corrected chi connectivity index (χ4v) is 10.5. The Morgan fingerprint density at radius 3 is 2.19 bits per heavy atom. The molecule has 48 heavy (non-hydrogen) atoms. The van der Waals surface area contributed by atoms with Gasteiger partial charge in [0, 0.05) is 69.2 Å². The van der Waals surface area contributed by atoms with Crippen molar-refractivity contribution in [3.05, 3.63) is 48.5 Å². The normalized spacial score (nSPS) is 28.4. The van der Waals surface area contributed by atoms with Gasteiger partial charge in [-0.2, -0.15) is 4.31 Å². The number of nitrogens with one attached hydrogen (secondary N) is 1. The third kappa shape index (κ3) is 6.37. The maximum absolute atomic E-state index is 13.9. The number of hydrogen-bond acceptors (Lipinski definition) is 8. The third-order valence-corrected chi connectivity index (χ3v) is 13.3. The van der Waals surface area contributed by atoms with Crippen LogP contribution in [0.15, 0.2) is 48.5 Å². The second-order valence-electron chi connectivity index (χ2n) is 14.2. The number of carbonyl (C=O) groups excluding carboxylic acids is 2. The number of nitrogens with two attached hydrogens (primary N) is 1. The highest BCUT2D eigenvalue weighted by atomic mass is 32.2. The number of carbonyl (C=O) groups is 2. The van der Waals surface area contributed by atoms with Crippen molar-refractivity contribution in [3.8, 4) is 0 Å². The Labute approximate surface area is 283 Å². The smallest absolute Gasteiger partial charge is 0.322 e. The van der Waals surface area contributed by atoms with E-state index in [1.165, 1.54) is 0 Å². The third-order valence-electron chi connectivity index (χ3n) is 11.4. The Balaban J connectivity index is 0.970. The van der Waals surface area contributed by atoms with Gasteiger partial charge in [0.05, 0.1) is 36.9 Å². The SMILES string of the molecule is COCCOCCS(=O)(=O)N1CCN(c2ccc(N3CCN(C(=O)NC4[C@@H]5CC6C[C@H]4CC(C(N)=O)(C6)C5)c4ccccc43)cc2)CC1. The number of urea groups is 1. The highest BCUT2D eigenvalue weighted by Crippen LogP contribution is 2.60. The standard InChI is InChI=1S/C35H48N6O6S/c1-46-16-17-47-18-19-48(44,45)39-12-10-38(11-13-39)28-6-8-29(9-7-28)40-14-15-41(31-5-3-2-4-30(31)40)34(43)37-32-26-20-25-21-27(32)24-35(22-25,23-26)33(36)42/h2-9,25-27,32H,10-24H2,1H3,(H2,36,42)(H,37,43)/t25?,26-,27+,32?,35?. The van der Waals surface area contributed by atoms with Crippen LogP contribution >= 0.6 is 0 Å². The van der Waals surface area contributed by atoms with Gasteiger partial charge in [-0.25, -0.2) is 13.2 Å². The Bertz CT molecular complexity index is 1580. The van der Waals surface area contributed by atoms with Crippen LogP contribution in [0.4, 0.5) is 27.5 Å². The van der Waals surface area contributed by atoms with Gasteiger partial charge in [-0.15, -0.1) is 0 Å². The summed E-state index contributed by atoms with van der Waals surface area (Å²) >= 11 is 0. The molecule has 13 heteroatoms. The van der Waals surface area contributed by atoms with E-state index in [0.717, 1.165) is 54.9 Å². The number of anilines is 4. The molecule has 3 N–H and O–H groups in total. The van der Waals surface area contributed by atoms with Crippen LogP contribution in [0.1, 0.15) is 32.1 Å². The molecule has 0 spiro atoms. The van der Waals surface area contributed by atoms with Crippen LogP contribution in [0, 0.1) is 23.2 Å². The number of piperazine rings is 1. The summed E-state index contributed by atoms with van der Waals surface area (Å²) in [5.74, 6) is 0.972. The number of nitrogens with zero attached hydrogens (tertiary/aromatic N) is 4. The van der Waals surface area contributed by atoms with E-state index in [1.54, 1.807) is 11.4 Å². The summed E-state index contributed by atoms with van der Waals surface area (Å²) in [6, 6.07) is 16.5. The van der Waals surface area contributed by atoms with Crippen molar-refractivity contribution in [1.82, 2.24) is 9.62 Å². The van der Waals surface area contributed by atoms with Gasteiger partial charge in [-0.3, -0.25) is 9.69 Å². The lowest BCUT2D eigenvalue weighted by atomic mass is 9.47. The molecule has 6 aliphatic rings. The lowest BCUT2D eigenvalue weighted by Gasteiger charge is -2.59. The molecule has 2 aliphatic heterocycles. The second-order valence-corrected chi connectivity index (χ2v) is 16.3. The molecule has 4 bridgehead atoms. The van der Waals surface area contributed by atoms with Gasteiger partial charge in [0.1, 0.15) is 0 Å². The summed E-state index contributed by atoms with van der Waals surface area (Å²) in [5, 5.41) is 3.42. The van der Waals surface area contributed by atoms with E-state index in [0.29, 0.717) is 70.2 Å². The molecule has 8 rings (SSSR count). The summed E-state index contributed by atoms with van der Waals surface area (Å²) < 4.78 is 37.4.